The van der Waals surface area contributed by atoms with Crippen molar-refractivity contribution in [1.29, 1.82) is 5.41 Å². The third-order valence-electron chi connectivity index (χ3n) is 4.76. The molecule has 0 bridgehead atoms. The maximum atomic E-state index is 12.0. The fraction of sp³-hybridized carbons (Fsp3) is 0.190. The Morgan fingerprint density at radius 2 is 2.10 bits per heavy atom. The SMILES string of the molecule is CC(=N)c1cc(-c2cncc(Nc3cccc(N4CCCC4=O)c3)n2)cnc1N. The molecule has 4 rings (SSSR count). The van der Waals surface area contributed by atoms with Crippen molar-refractivity contribution in [1.82, 2.24) is 15.0 Å². The summed E-state index contributed by atoms with van der Waals surface area (Å²) in [5, 5.41) is 11.1. The number of aromatic nitrogens is 3. The topological polar surface area (TPSA) is 121 Å². The Bertz CT molecular complexity index is 1100. The number of nitrogens with zero attached hydrogens (tertiary/aromatic N) is 4. The zero-order chi connectivity index (χ0) is 20.4. The second kappa shape index (κ2) is 7.67. The highest BCUT2D eigenvalue weighted by Crippen LogP contribution is 2.26. The highest BCUT2D eigenvalue weighted by atomic mass is 16.2. The molecule has 4 N–H and O–H groups in total. The van der Waals surface area contributed by atoms with E-state index in [9.17, 15) is 4.79 Å². The van der Waals surface area contributed by atoms with Crippen LogP contribution in [0, 0.1) is 5.41 Å². The third kappa shape index (κ3) is 3.91. The van der Waals surface area contributed by atoms with Crippen molar-refractivity contribution in [2.75, 3.05) is 22.5 Å². The summed E-state index contributed by atoms with van der Waals surface area (Å²) >= 11 is 0. The summed E-state index contributed by atoms with van der Waals surface area (Å²) in [4.78, 5) is 26.8. The highest BCUT2D eigenvalue weighted by Gasteiger charge is 2.21. The molecule has 1 saturated heterocycles. The molecular formula is C21H21N7O. The number of nitrogen functional groups attached to an aromatic ring is 1. The summed E-state index contributed by atoms with van der Waals surface area (Å²) in [6.07, 6.45) is 6.37. The van der Waals surface area contributed by atoms with Gasteiger partial charge in [-0.15, -0.1) is 0 Å². The first-order valence-electron chi connectivity index (χ1n) is 9.32. The Kier molecular flexibility index (Phi) is 4.90. The molecule has 0 aliphatic carbocycles. The van der Waals surface area contributed by atoms with Crippen LogP contribution in [0.25, 0.3) is 11.3 Å². The van der Waals surface area contributed by atoms with Crippen LogP contribution in [0.1, 0.15) is 25.3 Å². The van der Waals surface area contributed by atoms with Gasteiger partial charge >= 0.3 is 0 Å². The highest BCUT2D eigenvalue weighted by molar-refractivity contribution is 6.01. The van der Waals surface area contributed by atoms with E-state index in [1.165, 1.54) is 0 Å². The second-order valence-corrected chi connectivity index (χ2v) is 6.90. The number of hydrogen-bond acceptors (Lipinski definition) is 7. The van der Waals surface area contributed by atoms with Gasteiger partial charge in [0.05, 0.1) is 18.1 Å². The average Bonchev–Trinajstić information content (AvgIpc) is 3.14. The lowest BCUT2D eigenvalue weighted by Crippen LogP contribution is -2.23. The molecule has 1 aliphatic heterocycles. The number of amides is 1. The Morgan fingerprint density at radius 1 is 1.24 bits per heavy atom. The van der Waals surface area contributed by atoms with Crippen LogP contribution < -0.4 is 16.0 Å². The van der Waals surface area contributed by atoms with E-state index in [0.29, 0.717) is 35.0 Å². The summed E-state index contributed by atoms with van der Waals surface area (Å²) in [6, 6.07) is 9.47. The molecule has 29 heavy (non-hydrogen) atoms. The minimum absolute atomic E-state index is 0.150. The van der Waals surface area contributed by atoms with E-state index in [0.717, 1.165) is 29.9 Å². The normalized spacial score (nSPS) is 13.6. The van der Waals surface area contributed by atoms with Crippen LogP contribution >= 0.6 is 0 Å². The van der Waals surface area contributed by atoms with E-state index in [-0.39, 0.29) is 5.91 Å². The van der Waals surface area contributed by atoms with Gasteiger partial charge in [0.1, 0.15) is 11.6 Å². The van der Waals surface area contributed by atoms with Crippen LogP contribution in [0.3, 0.4) is 0 Å². The molecule has 146 valence electrons. The second-order valence-electron chi connectivity index (χ2n) is 6.90. The van der Waals surface area contributed by atoms with Gasteiger partial charge in [0.2, 0.25) is 5.91 Å². The molecule has 3 aromatic rings. The summed E-state index contributed by atoms with van der Waals surface area (Å²) in [5.41, 5.74) is 9.80. The van der Waals surface area contributed by atoms with E-state index < -0.39 is 0 Å². The monoisotopic (exact) mass is 387 g/mol. The predicted octanol–water partition coefficient (Wildman–Crippen LogP) is 3.38. The molecule has 0 atom stereocenters. The zero-order valence-electron chi connectivity index (χ0n) is 16.0. The van der Waals surface area contributed by atoms with E-state index in [4.69, 9.17) is 11.1 Å². The number of rotatable bonds is 5. The van der Waals surface area contributed by atoms with Gasteiger partial charge in [-0.25, -0.2) is 9.97 Å². The molecule has 1 amide bonds. The van der Waals surface area contributed by atoms with E-state index in [1.54, 1.807) is 36.5 Å². The number of nitrogens with one attached hydrogen (secondary N) is 2. The Hall–Kier alpha value is -3.81. The summed E-state index contributed by atoms with van der Waals surface area (Å²) in [6.45, 7) is 2.41. The molecule has 8 nitrogen and oxygen atoms in total. The summed E-state index contributed by atoms with van der Waals surface area (Å²) in [7, 11) is 0. The Morgan fingerprint density at radius 3 is 2.86 bits per heavy atom. The number of carbonyl (C=O) groups excluding carboxylic acids is 1. The molecule has 0 radical (unpaired) electrons. The number of anilines is 4. The Balaban J connectivity index is 1.60. The smallest absolute Gasteiger partial charge is 0.227 e. The lowest BCUT2D eigenvalue weighted by atomic mass is 10.1. The molecule has 1 aliphatic rings. The number of hydrogen-bond donors (Lipinski definition) is 3. The van der Waals surface area contributed by atoms with Crippen molar-refractivity contribution >= 4 is 34.6 Å². The van der Waals surface area contributed by atoms with Crippen LogP contribution in [0.5, 0.6) is 0 Å². The first-order valence-corrected chi connectivity index (χ1v) is 9.32. The molecule has 0 spiro atoms. The van der Waals surface area contributed by atoms with E-state index in [2.05, 4.69) is 20.3 Å². The van der Waals surface area contributed by atoms with Crippen molar-refractivity contribution in [2.24, 2.45) is 0 Å². The minimum Gasteiger partial charge on any atom is -0.383 e. The standard InChI is InChI=1S/C21H21N7O/c1-13(22)17-8-14(10-25-21(17)23)18-11-24-12-19(27-18)26-15-4-2-5-16(9-15)28-7-3-6-20(28)29/h2,4-5,8-12,22H,3,6-7H2,1H3,(H2,23,25)(H,26,27). The largest absolute Gasteiger partial charge is 0.383 e. The molecule has 0 saturated carbocycles. The molecule has 1 fully saturated rings. The molecular weight excluding hydrogens is 366 g/mol. The van der Waals surface area contributed by atoms with Crippen molar-refractivity contribution in [3.8, 4) is 11.3 Å². The van der Waals surface area contributed by atoms with Gasteiger partial charge in [-0.05, 0) is 37.6 Å². The van der Waals surface area contributed by atoms with Gasteiger partial charge in [0, 0.05) is 47.4 Å². The van der Waals surface area contributed by atoms with E-state index >= 15 is 0 Å². The first-order chi connectivity index (χ1) is 14.0. The maximum absolute atomic E-state index is 12.0. The lowest BCUT2D eigenvalue weighted by molar-refractivity contribution is -0.117. The fourth-order valence-electron chi connectivity index (χ4n) is 3.30. The van der Waals surface area contributed by atoms with Crippen LogP contribution in [0.15, 0.2) is 48.9 Å². The number of nitrogens with two attached hydrogens (primary N) is 1. The average molecular weight is 387 g/mol. The molecule has 8 heteroatoms. The molecule has 0 unspecified atom stereocenters. The maximum Gasteiger partial charge on any atom is 0.227 e. The van der Waals surface area contributed by atoms with E-state index in [1.807, 2.05) is 24.3 Å². The summed E-state index contributed by atoms with van der Waals surface area (Å²) < 4.78 is 0. The van der Waals surface area contributed by atoms with Crippen LogP contribution in [0.2, 0.25) is 0 Å². The summed E-state index contributed by atoms with van der Waals surface area (Å²) in [5.74, 6) is 1.03. The van der Waals surface area contributed by atoms with Gasteiger partial charge in [0.15, 0.2) is 0 Å². The number of benzene rings is 1. The van der Waals surface area contributed by atoms with Gasteiger partial charge in [-0.3, -0.25) is 9.78 Å². The van der Waals surface area contributed by atoms with Gasteiger partial charge in [0.25, 0.3) is 0 Å². The number of carbonyl (C=O) groups is 1. The van der Waals surface area contributed by atoms with Crippen molar-refractivity contribution in [2.45, 2.75) is 19.8 Å². The third-order valence-corrected chi connectivity index (χ3v) is 4.76. The van der Waals surface area contributed by atoms with Crippen LogP contribution in [-0.4, -0.2) is 33.1 Å². The van der Waals surface area contributed by atoms with Crippen molar-refractivity contribution < 1.29 is 4.79 Å². The lowest BCUT2D eigenvalue weighted by Gasteiger charge is -2.17. The fourth-order valence-corrected chi connectivity index (χ4v) is 3.30. The van der Waals surface area contributed by atoms with Crippen molar-refractivity contribution in [3.63, 3.8) is 0 Å². The zero-order valence-corrected chi connectivity index (χ0v) is 16.0. The quantitative estimate of drug-likeness (QED) is 0.577. The molecule has 2 aromatic heterocycles. The first kappa shape index (κ1) is 18.5. The van der Waals surface area contributed by atoms with Crippen molar-refractivity contribution in [3.05, 3.63) is 54.5 Å². The molecule has 1 aromatic carbocycles. The van der Waals surface area contributed by atoms with Gasteiger partial charge in [-0.1, -0.05) is 6.07 Å². The Labute approximate surface area is 168 Å². The minimum atomic E-state index is 0.150. The van der Waals surface area contributed by atoms with Crippen LogP contribution in [-0.2, 0) is 4.79 Å². The predicted molar refractivity (Wildman–Crippen MR) is 113 cm³/mol. The van der Waals surface area contributed by atoms with Crippen LogP contribution in [0.4, 0.5) is 23.0 Å². The van der Waals surface area contributed by atoms with Gasteiger partial charge < -0.3 is 21.4 Å². The van der Waals surface area contributed by atoms with Gasteiger partial charge in [-0.2, -0.15) is 0 Å². The number of pyridine rings is 1. The molecule has 3 heterocycles.